The SMILES string of the molecule is CN1C2CCC1CC(NC(=O)c1cccc(Br)n1)C2. The first-order chi connectivity index (χ1) is 9.13. The summed E-state index contributed by atoms with van der Waals surface area (Å²) in [6.45, 7) is 0. The van der Waals surface area contributed by atoms with Gasteiger partial charge in [0.05, 0.1) is 0 Å². The van der Waals surface area contributed by atoms with Crippen LogP contribution in [0.25, 0.3) is 0 Å². The summed E-state index contributed by atoms with van der Waals surface area (Å²) in [5.74, 6) is -0.0600. The fourth-order valence-corrected chi connectivity index (χ4v) is 3.67. The Hall–Kier alpha value is -0.940. The molecular weight excluding hydrogens is 306 g/mol. The highest BCUT2D eigenvalue weighted by molar-refractivity contribution is 9.10. The Balaban J connectivity index is 1.65. The van der Waals surface area contributed by atoms with E-state index in [1.54, 1.807) is 6.07 Å². The van der Waals surface area contributed by atoms with Gasteiger partial charge in [0, 0.05) is 18.1 Å². The molecule has 3 rings (SSSR count). The zero-order valence-electron chi connectivity index (χ0n) is 11.0. The van der Waals surface area contributed by atoms with Crippen LogP contribution in [0.3, 0.4) is 0 Å². The lowest BCUT2D eigenvalue weighted by Crippen LogP contribution is -2.48. The van der Waals surface area contributed by atoms with Crippen molar-refractivity contribution in [2.75, 3.05) is 7.05 Å². The molecule has 2 bridgehead atoms. The van der Waals surface area contributed by atoms with Gasteiger partial charge in [0.25, 0.3) is 5.91 Å². The van der Waals surface area contributed by atoms with E-state index in [0.717, 1.165) is 12.8 Å². The van der Waals surface area contributed by atoms with E-state index in [1.165, 1.54) is 12.8 Å². The van der Waals surface area contributed by atoms with E-state index in [2.05, 4.69) is 38.2 Å². The Bertz CT molecular complexity index is 479. The van der Waals surface area contributed by atoms with Crippen molar-refractivity contribution in [3.8, 4) is 0 Å². The van der Waals surface area contributed by atoms with Gasteiger partial charge in [-0.15, -0.1) is 0 Å². The molecule has 2 aliphatic rings. The van der Waals surface area contributed by atoms with E-state index in [-0.39, 0.29) is 5.91 Å². The van der Waals surface area contributed by atoms with Crippen molar-refractivity contribution in [2.45, 2.75) is 43.8 Å². The summed E-state index contributed by atoms with van der Waals surface area (Å²) in [7, 11) is 2.20. The molecule has 2 fully saturated rings. The number of nitrogens with one attached hydrogen (secondary N) is 1. The zero-order chi connectivity index (χ0) is 13.4. The molecule has 0 aromatic carbocycles. The smallest absolute Gasteiger partial charge is 0.270 e. The number of piperidine rings is 1. The normalized spacial score (nSPS) is 30.3. The Morgan fingerprint density at radius 2 is 2.05 bits per heavy atom. The minimum Gasteiger partial charge on any atom is -0.348 e. The van der Waals surface area contributed by atoms with Crippen LogP contribution in [0, 0.1) is 0 Å². The largest absolute Gasteiger partial charge is 0.348 e. The monoisotopic (exact) mass is 323 g/mol. The molecule has 2 atom stereocenters. The summed E-state index contributed by atoms with van der Waals surface area (Å²) < 4.78 is 0.698. The van der Waals surface area contributed by atoms with Gasteiger partial charge in [-0.05, 0) is 60.8 Å². The molecule has 1 amide bonds. The highest BCUT2D eigenvalue weighted by atomic mass is 79.9. The number of aromatic nitrogens is 1. The van der Waals surface area contributed by atoms with E-state index < -0.39 is 0 Å². The molecule has 3 heterocycles. The van der Waals surface area contributed by atoms with Gasteiger partial charge in [0.2, 0.25) is 0 Å². The Kier molecular flexibility index (Phi) is 3.58. The van der Waals surface area contributed by atoms with Crippen molar-refractivity contribution in [1.82, 2.24) is 15.2 Å². The molecule has 1 N–H and O–H groups in total. The van der Waals surface area contributed by atoms with Crippen LogP contribution in [0.5, 0.6) is 0 Å². The molecule has 19 heavy (non-hydrogen) atoms. The Labute approximate surface area is 121 Å². The van der Waals surface area contributed by atoms with Crippen molar-refractivity contribution in [3.05, 3.63) is 28.5 Å². The summed E-state index contributed by atoms with van der Waals surface area (Å²) in [6, 6.07) is 6.99. The van der Waals surface area contributed by atoms with Crippen LogP contribution in [-0.4, -0.2) is 41.0 Å². The maximum Gasteiger partial charge on any atom is 0.270 e. The lowest BCUT2D eigenvalue weighted by atomic mass is 9.98. The third-order valence-corrected chi connectivity index (χ3v) is 4.82. The van der Waals surface area contributed by atoms with Crippen LogP contribution in [0.4, 0.5) is 0 Å². The number of hydrogen-bond acceptors (Lipinski definition) is 3. The fraction of sp³-hybridized carbons (Fsp3) is 0.571. The maximum atomic E-state index is 12.2. The van der Waals surface area contributed by atoms with E-state index in [4.69, 9.17) is 0 Å². The molecule has 0 aliphatic carbocycles. The number of carbonyl (C=O) groups excluding carboxylic acids is 1. The van der Waals surface area contributed by atoms with Gasteiger partial charge in [-0.1, -0.05) is 6.07 Å². The number of pyridine rings is 1. The standard InChI is InChI=1S/C14H18BrN3O/c1-18-10-5-6-11(18)8-9(7-10)16-14(19)12-3-2-4-13(15)17-12/h2-4,9-11H,5-8H2,1H3,(H,16,19). The highest BCUT2D eigenvalue weighted by Crippen LogP contribution is 2.34. The molecular formula is C14H18BrN3O. The van der Waals surface area contributed by atoms with Crippen molar-refractivity contribution in [1.29, 1.82) is 0 Å². The lowest BCUT2D eigenvalue weighted by molar-refractivity contribution is 0.0877. The molecule has 5 heteroatoms. The first kappa shape index (κ1) is 13.1. The summed E-state index contributed by atoms with van der Waals surface area (Å²) >= 11 is 3.29. The quantitative estimate of drug-likeness (QED) is 0.849. The van der Waals surface area contributed by atoms with Crippen LogP contribution in [0.1, 0.15) is 36.2 Å². The van der Waals surface area contributed by atoms with Gasteiger partial charge in [-0.3, -0.25) is 4.79 Å². The first-order valence-electron chi connectivity index (χ1n) is 6.79. The minimum atomic E-state index is -0.0600. The van der Waals surface area contributed by atoms with Crippen LogP contribution < -0.4 is 5.32 Å². The topological polar surface area (TPSA) is 45.2 Å². The number of hydrogen-bond donors (Lipinski definition) is 1. The van der Waals surface area contributed by atoms with Gasteiger partial charge in [0.15, 0.2) is 0 Å². The fourth-order valence-electron chi connectivity index (χ4n) is 3.32. The second-order valence-corrected chi connectivity index (χ2v) is 6.35. The Morgan fingerprint density at radius 3 is 2.68 bits per heavy atom. The highest BCUT2D eigenvalue weighted by Gasteiger charge is 2.38. The number of fused-ring (bicyclic) bond motifs is 2. The number of rotatable bonds is 2. The van der Waals surface area contributed by atoms with Gasteiger partial charge >= 0.3 is 0 Å². The first-order valence-corrected chi connectivity index (χ1v) is 7.58. The third-order valence-electron chi connectivity index (χ3n) is 4.38. The van der Waals surface area contributed by atoms with Crippen LogP contribution in [0.15, 0.2) is 22.8 Å². The molecule has 2 unspecified atom stereocenters. The van der Waals surface area contributed by atoms with E-state index >= 15 is 0 Å². The third kappa shape index (κ3) is 2.67. The van der Waals surface area contributed by atoms with Crippen molar-refractivity contribution < 1.29 is 4.79 Å². The lowest BCUT2D eigenvalue weighted by Gasteiger charge is -2.36. The van der Waals surface area contributed by atoms with Crippen LogP contribution in [0.2, 0.25) is 0 Å². The maximum absolute atomic E-state index is 12.2. The summed E-state index contributed by atoms with van der Waals surface area (Å²) in [4.78, 5) is 18.8. The number of halogens is 1. The molecule has 4 nitrogen and oxygen atoms in total. The van der Waals surface area contributed by atoms with Crippen molar-refractivity contribution in [3.63, 3.8) is 0 Å². The number of nitrogens with zero attached hydrogens (tertiary/aromatic N) is 2. The molecule has 0 saturated carbocycles. The minimum absolute atomic E-state index is 0.0600. The second-order valence-electron chi connectivity index (χ2n) is 5.54. The molecule has 2 aliphatic heterocycles. The van der Waals surface area contributed by atoms with Crippen LogP contribution >= 0.6 is 15.9 Å². The molecule has 1 aromatic heterocycles. The Morgan fingerprint density at radius 1 is 1.37 bits per heavy atom. The van der Waals surface area contributed by atoms with Gasteiger partial charge in [-0.2, -0.15) is 0 Å². The molecule has 102 valence electrons. The molecule has 2 saturated heterocycles. The summed E-state index contributed by atoms with van der Waals surface area (Å²) in [5, 5.41) is 3.13. The van der Waals surface area contributed by atoms with Crippen molar-refractivity contribution in [2.24, 2.45) is 0 Å². The van der Waals surface area contributed by atoms with E-state index in [9.17, 15) is 4.79 Å². The van der Waals surface area contributed by atoms with Gasteiger partial charge in [0.1, 0.15) is 10.3 Å². The van der Waals surface area contributed by atoms with Gasteiger partial charge in [-0.25, -0.2) is 4.98 Å². The van der Waals surface area contributed by atoms with E-state index in [1.807, 2.05) is 12.1 Å². The van der Waals surface area contributed by atoms with Gasteiger partial charge < -0.3 is 10.2 Å². The van der Waals surface area contributed by atoms with Crippen LogP contribution in [-0.2, 0) is 0 Å². The average molecular weight is 324 g/mol. The summed E-state index contributed by atoms with van der Waals surface area (Å²) in [6.07, 6.45) is 4.66. The number of amides is 1. The predicted octanol–water partition coefficient (Wildman–Crippen LogP) is 2.20. The summed E-state index contributed by atoms with van der Waals surface area (Å²) in [5.41, 5.74) is 0.487. The number of carbonyl (C=O) groups is 1. The molecule has 0 radical (unpaired) electrons. The second kappa shape index (κ2) is 5.21. The molecule has 0 spiro atoms. The van der Waals surface area contributed by atoms with Crippen molar-refractivity contribution >= 4 is 21.8 Å². The zero-order valence-corrected chi connectivity index (χ0v) is 12.6. The molecule has 1 aromatic rings. The predicted molar refractivity (Wildman–Crippen MR) is 77.0 cm³/mol. The van der Waals surface area contributed by atoms with E-state index in [0.29, 0.717) is 28.4 Å². The average Bonchev–Trinajstić information content (AvgIpc) is 2.62.